The van der Waals surface area contributed by atoms with E-state index in [1.54, 1.807) is 11.8 Å². The van der Waals surface area contributed by atoms with Gasteiger partial charge < -0.3 is 14.7 Å². The Morgan fingerprint density at radius 2 is 1.73 bits per heavy atom. The van der Waals surface area contributed by atoms with Crippen LogP contribution in [0.3, 0.4) is 0 Å². The van der Waals surface area contributed by atoms with Crippen LogP contribution in [0.15, 0.2) is 28.8 Å². The van der Waals surface area contributed by atoms with Gasteiger partial charge in [-0.3, -0.25) is 9.59 Å². The fourth-order valence-corrected chi connectivity index (χ4v) is 4.72. The van der Waals surface area contributed by atoms with Gasteiger partial charge in [0.2, 0.25) is 11.8 Å². The second-order valence-electron chi connectivity index (χ2n) is 8.91. The van der Waals surface area contributed by atoms with Gasteiger partial charge >= 0.3 is 6.18 Å². The summed E-state index contributed by atoms with van der Waals surface area (Å²) in [4.78, 5) is 31.8. The molecule has 1 aromatic heterocycles. The molecule has 2 heterocycles. The third kappa shape index (κ3) is 5.04. The van der Waals surface area contributed by atoms with Gasteiger partial charge in [-0.2, -0.15) is 18.2 Å². The lowest BCUT2D eigenvalue weighted by atomic mass is 9.80. The molecule has 178 valence electrons. The Balaban J connectivity index is 1.37. The number of carbonyl (C=O) groups is 2. The largest absolute Gasteiger partial charge is 0.416 e. The van der Waals surface area contributed by atoms with Crippen molar-refractivity contribution >= 4 is 11.8 Å². The number of nitrogens with one attached hydrogen (secondary N) is 1. The molecule has 2 aromatic rings. The molecule has 0 bridgehead atoms. The zero-order chi connectivity index (χ0) is 23.6. The third-order valence-corrected chi connectivity index (χ3v) is 6.64. The van der Waals surface area contributed by atoms with E-state index < -0.39 is 17.3 Å². The second-order valence-corrected chi connectivity index (χ2v) is 8.91. The number of aryl methyl sites for hydroxylation is 1. The minimum atomic E-state index is -4.44. The van der Waals surface area contributed by atoms with Gasteiger partial charge in [-0.05, 0) is 49.9 Å². The molecule has 0 radical (unpaired) electrons. The maximum absolute atomic E-state index is 13.1. The molecule has 1 aromatic carbocycles. The smallest absolute Gasteiger partial charge is 0.343 e. The summed E-state index contributed by atoms with van der Waals surface area (Å²) in [6, 6.07) is 4.22. The molecular formula is C23H27F3N4O3. The van der Waals surface area contributed by atoms with E-state index in [1.165, 1.54) is 12.1 Å². The summed E-state index contributed by atoms with van der Waals surface area (Å²) in [7, 11) is 0. The quantitative estimate of drug-likeness (QED) is 0.732. The van der Waals surface area contributed by atoms with Crippen LogP contribution in [0, 0.1) is 12.8 Å². The predicted molar refractivity (Wildman–Crippen MR) is 112 cm³/mol. The lowest BCUT2D eigenvalue weighted by molar-refractivity contribution is -0.137. The number of halogens is 3. The van der Waals surface area contributed by atoms with Gasteiger partial charge in [-0.1, -0.05) is 24.4 Å². The van der Waals surface area contributed by atoms with Crippen molar-refractivity contribution in [2.45, 2.75) is 63.6 Å². The minimum Gasteiger partial charge on any atom is -0.343 e. The van der Waals surface area contributed by atoms with Gasteiger partial charge in [0.15, 0.2) is 5.82 Å². The average molecular weight is 464 g/mol. The molecule has 4 rings (SSSR count). The fourth-order valence-electron chi connectivity index (χ4n) is 4.72. The van der Waals surface area contributed by atoms with Gasteiger partial charge in [0.25, 0.3) is 5.91 Å². The molecule has 1 N–H and O–H groups in total. The van der Waals surface area contributed by atoms with Gasteiger partial charge in [0, 0.05) is 31.5 Å². The molecule has 1 saturated carbocycles. The van der Waals surface area contributed by atoms with Crippen LogP contribution in [0.25, 0.3) is 0 Å². The first-order chi connectivity index (χ1) is 15.7. The summed E-state index contributed by atoms with van der Waals surface area (Å²) >= 11 is 0. The Bertz CT molecular complexity index is 989. The summed E-state index contributed by atoms with van der Waals surface area (Å²) in [5.74, 6) is 0.310. The van der Waals surface area contributed by atoms with Crippen molar-refractivity contribution in [1.82, 2.24) is 20.4 Å². The Morgan fingerprint density at radius 1 is 1.09 bits per heavy atom. The number of carbonyl (C=O) groups excluding carboxylic acids is 2. The summed E-state index contributed by atoms with van der Waals surface area (Å²) in [5.41, 5.74) is -1.21. The van der Waals surface area contributed by atoms with Crippen LogP contribution < -0.4 is 5.32 Å². The SMILES string of the molecule is Cc1nc(C2(NC(=O)C3CCN(C(=O)c4ccc(C(F)(F)F)cc4)CC3)CCCCC2)no1. The molecule has 2 amide bonds. The van der Waals surface area contributed by atoms with Crippen LogP contribution in [0.5, 0.6) is 0 Å². The van der Waals surface area contributed by atoms with E-state index in [0.717, 1.165) is 44.2 Å². The number of rotatable bonds is 4. The number of hydrogen-bond acceptors (Lipinski definition) is 5. The lowest BCUT2D eigenvalue weighted by Gasteiger charge is -2.38. The highest BCUT2D eigenvalue weighted by atomic mass is 19.4. The van der Waals surface area contributed by atoms with Crippen molar-refractivity contribution in [3.63, 3.8) is 0 Å². The number of aromatic nitrogens is 2. The van der Waals surface area contributed by atoms with E-state index in [4.69, 9.17) is 4.52 Å². The number of benzene rings is 1. The normalized spacial score (nSPS) is 19.3. The Labute approximate surface area is 189 Å². The van der Waals surface area contributed by atoms with Crippen molar-refractivity contribution in [2.24, 2.45) is 5.92 Å². The number of alkyl halides is 3. The molecule has 0 spiro atoms. The first-order valence-corrected chi connectivity index (χ1v) is 11.3. The van der Waals surface area contributed by atoms with Gasteiger partial charge in [-0.25, -0.2) is 0 Å². The topological polar surface area (TPSA) is 88.3 Å². The van der Waals surface area contributed by atoms with E-state index in [-0.39, 0.29) is 23.3 Å². The van der Waals surface area contributed by atoms with E-state index >= 15 is 0 Å². The molecule has 1 saturated heterocycles. The van der Waals surface area contributed by atoms with Crippen molar-refractivity contribution < 1.29 is 27.3 Å². The first-order valence-electron chi connectivity index (χ1n) is 11.3. The number of hydrogen-bond donors (Lipinski definition) is 1. The number of amides is 2. The van der Waals surface area contributed by atoms with Gasteiger partial charge in [0.1, 0.15) is 5.54 Å². The molecule has 10 heteroatoms. The third-order valence-electron chi connectivity index (χ3n) is 6.64. The molecular weight excluding hydrogens is 437 g/mol. The molecule has 2 fully saturated rings. The summed E-state index contributed by atoms with van der Waals surface area (Å²) in [5, 5.41) is 7.27. The standard InChI is InChI=1S/C23H27F3N4O3/c1-15-27-21(29-33-15)22(11-3-2-4-12-22)28-19(31)16-9-13-30(14-10-16)20(32)17-5-7-18(8-6-17)23(24,25)26/h5-8,16H,2-4,9-14H2,1H3,(H,28,31). The predicted octanol–water partition coefficient (Wildman–Crippen LogP) is 4.22. The Hall–Kier alpha value is -2.91. The van der Waals surface area contributed by atoms with E-state index in [9.17, 15) is 22.8 Å². The van der Waals surface area contributed by atoms with Gasteiger partial charge in [-0.15, -0.1) is 0 Å². The summed E-state index contributed by atoms with van der Waals surface area (Å²) in [6.45, 7) is 2.46. The van der Waals surface area contributed by atoms with E-state index in [0.29, 0.717) is 37.6 Å². The van der Waals surface area contributed by atoms with Crippen molar-refractivity contribution in [3.05, 3.63) is 47.1 Å². The molecule has 7 nitrogen and oxygen atoms in total. The monoisotopic (exact) mass is 464 g/mol. The highest BCUT2D eigenvalue weighted by Crippen LogP contribution is 2.36. The molecule has 33 heavy (non-hydrogen) atoms. The van der Waals surface area contributed by atoms with Crippen molar-refractivity contribution in [1.29, 1.82) is 0 Å². The average Bonchev–Trinajstić information content (AvgIpc) is 3.26. The van der Waals surface area contributed by atoms with Crippen LogP contribution in [-0.2, 0) is 16.5 Å². The van der Waals surface area contributed by atoms with Crippen LogP contribution in [0.2, 0.25) is 0 Å². The minimum absolute atomic E-state index is 0.0824. The second kappa shape index (κ2) is 9.15. The molecule has 0 unspecified atom stereocenters. The van der Waals surface area contributed by atoms with Crippen LogP contribution in [0.4, 0.5) is 13.2 Å². The Morgan fingerprint density at radius 3 is 2.27 bits per heavy atom. The highest BCUT2D eigenvalue weighted by molar-refractivity contribution is 5.94. The molecule has 1 aliphatic heterocycles. The van der Waals surface area contributed by atoms with Crippen molar-refractivity contribution in [3.8, 4) is 0 Å². The molecule has 2 aliphatic rings. The maximum atomic E-state index is 13.1. The fraction of sp³-hybridized carbons (Fsp3) is 0.565. The van der Waals surface area contributed by atoms with Crippen LogP contribution in [0.1, 0.15) is 72.6 Å². The summed E-state index contributed by atoms with van der Waals surface area (Å²) in [6.07, 6.45) is 1.06. The zero-order valence-corrected chi connectivity index (χ0v) is 18.5. The van der Waals surface area contributed by atoms with Crippen molar-refractivity contribution in [2.75, 3.05) is 13.1 Å². The maximum Gasteiger partial charge on any atom is 0.416 e. The summed E-state index contributed by atoms with van der Waals surface area (Å²) < 4.78 is 43.4. The van der Waals surface area contributed by atoms with Crippen LogP contribution >= 0.6 is 0 Å². The number of likely N-dealkylation sites (tertiary alicyclic amines) is 1. The zero-order valence-electron chi connectivity index (χ0n) is 18.5. The number of nitrogens with zero attached hydrogens (tertiary/aromatic N) is 3. The Kier molecular flexibility index (Phi) is 6.45. The molecule has 1 aliphatic carbocycles. The first kappa shape index (κ1) is 23.3. The number of piperidine rings is 1. The highest BCUT2D eigenvalue weighted by Gasteiger charge is 2.41. The van der Waals surface area contributed by atoms with Gasteiger partial charge in [0.05, 0.1) is 5.56 Å². The van der Waals surface area contributed by atoms with E-state index in [1.807, 2.05) is 0 Å². The van der Waals surface area contributed by atoms with Crippen LogP contribution in [-0.4, -0.2) is 39.9 Å². The molecule has 0 atom stereocenters. The van der Waals surface area contributed by atoms with E-state index in [2.05, 4.69) is 15.5 Å². The lowest BCUT2D eigenvalue weighted by Crippen LogP contribution is -2.51.